The number of nitrogens with one attached hydrogen (secondary N) is 2. The zero-order valence-corrected chi connectivity index (χ0v) is 32.2. The van der Waals surface area contributed by atoms with E-state index < -0.39 is 11.8 Å². The van der Waals surface area contributed by atoms with Gasteiger partial charge in [0.2, 0.25) is 0 Å². The lowest BCUT2D eigenvalue weighted by Gasteiger charge is -2.28. The van der Waals surface area contributed by atoms with Gasteiger partial charge in [-0.25, -0.2) is 9.97 Å². The molecule has 12 heteroatoms. The summed E-state index contributed by atoms with van der Waals surface area (Å²) >= 11 is 0. The van der Waals surface area contributed by atoms with Crippen LogP contribution in [0.2, 0.25) is 0 Å². The molecule has 4 atom stereocenters. The summed E-state index contributed by atoms with van der Waals surface area (Å²) in [7, 11) is 0. The highest BCUT2D eigenvalue weighted by atomic mass is 16.2. The smallest absolute Gasteiger partial charge is 0.312 e. The topological polar surface area (TPSA) is 139 Å². The fourth-order valence-electron chi connectivity index (χ4n) is 9.26. The van der Waals surface area contributed by atoms with Gasteiger partial charge in [0.15, 0.2) is 0 Å². The first-order valence-electron chi connectivity index (χ1n) is 20.8. The molecule has 6 aliphatic rings. The fraction of sp³-hybridized carbons (Fsp3) is 0.500. The summed E-state index contributed by atoms with van der Waals surface area (Å²) in [5.74, 6) is 0.368. The molecule has 2 N–H and O–H groups in total. The summed E-state index contributed by atoms with van der Waals surface area (Å²) in [4.78, 5) is 77.7. The number of hydrogen-bond acceptors (Lipinski definition) is 6. The van der Waals surface area contributed by atoms with E-state index >= 15 is 0 Å². The average molecular weight is 755 g/mol. The van der Waals surface area contributed by atoms with Gasteiger partial charge >= 0.3 is 23.6 Å². The minimum Gasteiger partial charge on any atom is -0.346 e. The standard InChI is InChI=1S/C44H50N8O4/c1-25-19-21-49(41(53)43(55)51(31-11-12-31)32-13-14-32)37(25)39-45-23-35(47-39)29-7-3-27(4-8-29)28-5-9-30(10-6-28)36-24-46-40(48-36)38-26(2)20-22-50(38)42(54)44(56)52(33-15-16-33)34-17-18-34/h3-10,23-26,31-34,37-38H,11-22H2,1-2H3,(H,45,47)(H,46,48)/t25-,26-,37-,38-/m0/s1. The summed E-state index contributed by atoms with van der Waals surface area (Å²) in [5.41, 5.74) is 5.67. The van der Waals surface area contributed by atoms with Crippen molar-refractivity contribution in [2.24, 2.45) is 11.8 Å². The lowest BCUT2D eigenvalue weighted by Crippen LogP contribution is -2.47. The highest BCUT2D eigenvalue weighted by Crippen LogP contribution is 2.42. The summed E-state index contributed by atoms with van der Waals surface area (Å²) in [6.45, 7) is 5.38. The minimum atomic E-state index is -0.391. The van der Waals surface area contributed by atoms with Crippen LogP contribution in [0.5, 0.6) is 0 Å². The van der Waals surface area contributed by atoms with Crippen molar-refractivity contribution in [1.82, 2.24) is 39.5 Å². The molecule has 12 nitrogen and oxygen atoms in total. The van der Waals surface area contributed by atoms with Crippen LogP contribution in [0.25, 0.3) is 33.6 Å². The maximum Gasteiger partial charge on any atom is 0.312 e. The molecule has 4 amide bonds. The lowest BCUT2D eigenvalue weighted by atomic mass is 10.0. The molecule has 0 bridgehead atoms. The van der Waals surface area contributed by atoms with Crippen LogP contribution in [0, 0.1) is 11.8 Å². The van der Waals surface area contributed by atoms with Gasteiger partial charge in [-0.3, -0.25) is 19.2 Å². The Bertz CT molecular complexity index is 1980. The quantitative estimate of drug-likeness (QED) is 0.194. The molecule has 0 spiro atoms. The van der Waals surface area contributed by atoms with Crippen LogP contribution >= 0.6 is 0 Å². The maximum atomic E-state index is 13.6. The number of benzene rings is 2. The molecule has 56 heavy (non-hydrogen) atoms. The van der Waals surface area contributed by atoms with E-state index in [4.69, 9.17) is 9.97 Å². The van der Waals surface area contributed by atoms with E-state index in [2.05, 4.69) is 72.3 Å². The molecule has 4 heterocycles. The van der Waals surface area contributed by atoms with Crippen molar-refractivity contribution in [3.63, 3.8) is 0 Å². The lowest BCUT2D eigenvalue weighted by molar-refractivity contribution is -0.153. The van der Waals surface area contributed by atoms with Crippen molar-refractivity contribution in [2.45, 2.75) is 114 Å². The Labute approximate surface area is 327 Å². The van der Waals surface area contributed by atoms with Crippen LogP contribution in [0.1, 0.15) is 102 Å². The van der Waals surface area contributed by atoms with Crippen molar-refractivity contribution < 1.29 is 19.2 Å². The number of likely N-dealkylation sites (tertiary alicyclic amines) is 2. The number of aromatic nitrogens is 4. The zero-order valence-electron chi connectivity index (χ0n) is 32.2. The van der Waals surface area contributed by atoms with Gasteiger partial charge in [-0.1, -0.05) is 62.4 Å². The number of rotatable bonds is 9. The van der Waals surface area contributed by atoms with Gasteiger partial charge in [0.25, 0.3) is 0 Å². The number of H-pyrrole nitrogens is 2. The Hall–Kier alpha value is -5.26. The SMILES string of the molecule is C[C@H]1CCN(C(=O)C(=O)N(C2CC2)C2CC2)[C@@H]1c1nc(-c2ccc(-c3ccc(-c4c[nH]c([C@@H]5[C@@H](C)CCN5C(=O)C(=O)N(C5CC5)C5CC5)n4)cc3)cc2)c[nH]1. The molecular weight excluding hydrogens is 705 g/mol. The molecule has 2 aromatic carbocycles. The molecule has 2 aliphatic heterocycles. The van der Waals surface area contributed by atoms with Gasteiger partial charge in [0.1, 0.15) is 11.6 Å². The molecule has 0 unspecified atom stereocenters. The summed E-state index contributed by atoms with van der Waals surface area (Å²) in [6, 6.07) is 17.0. The third-order valence-corrected chi connectivity index (χ3v) is 13.0. The first kappa shape index (κ1) is 35.2. The predicted molar refractivity (Wildman–Crippen MR) is 209 cm³/mol. The van der Waals surface area contributed by atoms with Crippen molar-refractivity contribution in [2.75, 3.05) is 13.1 Å². The summed E-state index contributed by atoms with van der Waals surface area (Å²) in [6.07, 6.45) is 13.5. The monoisotopic (exact) mass is 754 g/mol. The number of amides is 4. The average Bonchev–Trinajstić information content (AvgIpc) is 4.08. The van der Waals surface area contributed by atoms with Crippen LogP contribution in [-0.4, -0.2) is 100 Å². The number of carbonyl (C=O) groups excluding carboxylic acids is 4. The Morgan fingerprint density at radius 1 is 0.518 bits per heavy atom. The third-order valence-electron chi connectivity index (χ3n) is 13.0. The van der Waals surface area contributed by atoms with E-state index in [9.17, 15) is 19.2 Å². The molecule has 4 saturated carbocycles. The zero-order chi connectivity index (χ0) is 38.2. The largest absolute Gasteiger partial charge is 0.346 e. The highest BCUT2D eigenvalue weighted by Gasteiger charge is 2.49. The number of carbonyl (C=O) groups is 4. The molecule has 10 rings (SSSR count). The number of aromatic amines is 2. The first-order valence-corrected chi connectivity index (χ1v) is 20.8. The van der Waals surface area contributed by atoms with Crippen molar-refractivity contribution in [3.8, 4) is 33.6 Å². The second-order valence-electron chi connectivity index (χ2n) is 17.3. The van der Waals surface area contributed by atoms with E-state index in [0.717, 1.165) is 109 Å². The van der Waals surface area contributed by atoms with Gasteiger partial charge in [-0.15, -0.1) is 0 Å². The maximum absolute atomic E-state index is 13.6. The van der Waals surface area contributed by atoms with Crippen LogP contribution < -0.4 is 0 Å². The normalized spacial score (nSPS) is 24.8. The third kappa shape index (κ3) is 6.50. The Balaban J connectivity index is 0.803. The van der Waals surface area contributed by atoms with E-state index in [1.807, 2.05) is 22.2 Å². The van der Waals surface area contributed by atoms with E-state index in [1.54, 1.807) is 9.80 Å². The molecule has 4 aromatic rings. The van der Waals surface area contributed by atoms with Crippen LogP contribution in [0.3, 0.4) is 0 Å². The van der Waals surface area contributed by atoms with Gasteiger partial charge in [-0.05, 0) is 87.2 Å². The van der Waals surface area contributed by atoms with Crippen molar-refractivity contribution in [1.29, 1.82) is 0 Å². The van der Waals surface area contributed by atoms with Gasteiger partial charge in [0.05, 0.1) is 23.5 Å². The van der Waals surface area contributed by atoms with E-state index in [0.29, 0.717) is 13.1 Å². The first-order chi connectivity index (χ1) is 27.2. The Kier molecular flexibility index (Phi) is 8.63. The van der Waals surface area contributed by atoms with Crippen LogP contribution in [-0.2, 0) is 19.2 Å². The highest BCUT2D eigenvalue weighted by molar-refractivity contribution is 6.35. The molecule has 0 radical (unpaired) electrons. The van der Waals surface area contributed by atoms with Crippen LogP contribution in [0.4, 0.5) is 0 Å². The van der Waals surface area contributed by atoms with Gasteiger partial charge in [0, 0.05) is 60.8 Å². The number of nitrogens with zero attached hydrogens (tertiary/aromatic N) is 6. The molecule has 4 aliphatic carbocycles. The molecule has 290 valence electrons. The second-order valence-corrected chi connectivity index (χ2v) is 17.3. The molecule has 2 saturated heterocycles. The predicted octanol–water partition coefficient (Wildman–Crippen LogP) is 6.26. The summed E-state index contributed by atoms with van der Waals surface area (Å²) < 4.78 is 0. The molecule has 2 aromatic heterocycles. The Morgan fingerprint density at radius 3 is 1.16 bits per heavy atom. The van der Waals surface area contributed by atoms with E-state index in [1.165, 1.54) is 0 Å². The van der Waals surface area contributed by atoms with E-state index in [-0.39, 0.29) is 59.9 Å². The molecule has 6 fully saturated rings. The van der Waals surface area contributed by atoms with Crippen LogP contribution in [0.15, 0.2) is 60.9 Å². The second kappa shape index (κ2) is 13.7. The van der Waals surface area contributed by atoms with Gasteiger partial charge in [-0.2, -0.15) is 0 Å². The number of hydrogen-bond donors (Lipinski definition) is 2. The van der Waals surface area contributed by atoms with Crippen molar-refractivity contribution >= 4 is 23.6 Å². The van der Waals surface area contributed by atoms with Gasteiger partial charge < -0.3 is 29.6 Å². The van der Waals surface area contributed by atoms with Crippen molar-refractivity contribution in [3.05, 3.63) is 72.6 Å². The number of imidazole rings is 2. The fourth-order valence-corrected chi connectivity index (χ4v) is 9.26. The minimum absolute atomic E-state index is 0.190. The molecular formula is C44H50N8O4. The summed E-state index contributed by atoms with van der Waals surface area (Å²) in [5, 5.41) is 0. The Morgan fingerprint density at radius 2 is 0.839 bits per heavy atom.